The Balaban J connectivity index is 1.52. The maximum absolute atomic E-state index is 13.0. The summed E-state index contributed by atoms with van der Waals surface area (Å²) in [7, 11) is 0. The molecule has 0 aliphatic carbocycles. The topological polar surface area (TPSA) is 62.1 Å². The molecule has 0 spiro atoms. The number of piperidine rings is 1. The molecule has 4 heteroatoms. The number of rotatable bonds is 5. The molecule has 1 N–H and O–H groups in total. The molecule has 4 rings (SSSR count). The van der Waals surface area contributed by atoms with E-state index in [1.807, 2.05) is 30.3 Å². The molecule has 4 nitrogen and oxygen atoms in total. The maximum Gasteiger partial charge on any atom is 0.166 e. The molecule has 2 aromatic rings. The lowest BCUT2D eigenvalue weighted by Crippen LogP contribution is -2.40. The summed E-state index contributed by atoms with van der Waals surface area (Å²) in [6.45, 7) is 0.380. The molecule has 0 aromatic heterocycles. The number of nitrogens with zero attached hydrogens (tertiary/aromatic N) is 1. The van der Waals surface area contributed by atoms with Gasteiger partial charge in [0.25, 0.3) is 0 Å². The molecular weight excluding hydrogens is 324 g/mol. The Labute approximate surface area is 153 Å². The molecule has 2 aromatic carbocycles. The van der Waals surface area contributed by atoms with Crippen LogP contribution in [0.2, 0.25) is 0 Å². The summed E-state index contributed by atoms with van der Waals surface area (Å²) in [4.78, 5) is 13.0. The zero-order valence-corrected chi connectivity index (χ0v) is 14.7. The first-order valence-electron chi connectivity index (χ1n) is 9.24. The highest BCUT2D eigenvalue weighted by molar-refractivity contribution is 5.98. The van der Waals surface area contributed by atoms with E-state index >= 15 is 0 Å². The van der Waals surface area contributed by atoms with Gasteiger partial charge in [0.05, 0.1) is 5.56 Å². The van der Waals surface area contributed by atoms with Crippen molar-refractivity contribution in [2.24, 2.45) is 5.92 Å². The number of ketones is 1. The molecule has 0 radical (unpaired) electrons. The number of Topliss-reactive ketones (excluding diaryl/α,β-unsaturated/α-hetero) is 1. The first-order chi connectivity index (χ1) is 12.7. The second kappa shape index (κ2) is 7.31. The number of benzene rings is 2. The monoisotopic (exact) mass is 346 g/mol. The second-order valence-electron chi connectivity index (χ2n) is 7.27. The van der Waals surface area contributed by atoms with E-state index < -0.39 is 0 Å². The van der Waals surface area contributed by atoms with Gasteiger partial charge in [0.15, 0.2) is 5.78 Å². The molecular formula is C22H22N2O2. The van der Waals surface area contributed by atoms with Gasteiger partial charge in [-0.05, 0) is 49.4 Å². The van der Waals surface area contributed by atoms with E-state index in [0.29, 0.717) is 35.6 Å². The van der Waals surface area contributed by atoms with Gasteiger partial charge in [0.2, 0.25) is 0 Å². The summed E-state index contributed by atoms with van der Waals surface area (Å²) in [6.07, 6.45) is 4.17. The van der Waals surface area contributed by atoms with Gasteiger partial charge >= 0.3 is 0 Å². The van der Waals surface area contributed by atoms with Crippen molar-refractivity contribution < 1.29 is 9.53 Å². The van der Waals surface area contributed by atoms with Crippen LogP contribution in [-0.4, -0.2) is 17.9 Å². The average molecular weight is 346 g/mol. The lowest BCUT2D eigenvalue weighted by Gasteiger charge is -2.28. The summed E-state index contributed by atoms with van der Waals surface area (Å²) in [5.41, 5.74) is 2.14. The van der Waals surface area contributed by atoms with Gasteiger partial charge in [0.1, 0.15) is 18.4 Å². The predicted octanol–water partition coefficient (Wildman–Crippen LogP) is 3.85. The van der Waals surface area contributed by atoms with Crippen LogP contribution in [0.1, 0.15) is 47.2 Å². The SMILES string of the molecule is N#Cc1ccc(C(=O)C2CC3CCC(C2)N3)cc1OCc1ccccc1. The molecule has 2 unspecified atom stereocenters. The van der Waals surface area contributed by atoms with Gasteiger partial charge in [0, 0.05) is 23.6 Å². The molecule has 26 heavy (non-hydrogen) atoms. The summed E-state index contributed by atoms with van der Waals surface area (Å²) in [6, 6.07) is 18.1. The third-order valence-corrected chi connectivity index (χ3v) is 5.47. The van der Waals surface area contributed by atoms with Crippen molar-refractivity contribution in [1.29, 1.82) is 5.26 Å². The summed E-state index contributed by atoms with van der Waals surface area (Å²) >= 11 is 0. The minimum atomic E-state index is 0.0728. The second-order valence-corrected chi connectivity index (χ2v) is 7.27. The zero-order chi connectivity index (χ0) is 17.9. The minimum Gasteiger partial charge on any atom is -0.487 e. The van der Waals surface area contributed by atoms with Gasteiger partial charge in [-0.25, -0.2) is 0 Å². The van der Waals surface area contributed by atoms with E-state index in [9.17, 15) is 10.1 Å². The van der Waals surface area contributed by atoms with E-state index in [2.05, 4.69) is 11.4 Å². The summed E-state index contributed by atoms with van der Waals surface area (Å²) in [5.74, 6) is 0.736. The summed E-state index contributed by atoms with van der Waals surface area (Å²) in [5, 5.41) is 12.9. The molecule has 2 saturated heterocycles. The average Bonchev–Trinajstić information content (AvgIpc) is 3.04. The lowest BCUT2D eigenvalue weighted by atomic mass is 9.85. The van der Waals surface area contributed by atoms with Gasteiger partial charge in [-0.2, -0.15) is 5.26 Å². The Bertz CT molecular complexity index is 829. The largest absolute Gasteiger partial charge is 0.487 e. The smallest absolute Gasteiger partial charge is 0.166 e. The number of fused-ring (bicyclic) bond motifs is 2. The van der Waals surface area contributed by atoms with E-state index in [1.54, 1.807) is 18.2 Å². The highest BCUT2D eigenvalue weighted by Gasteiger charge is 2.36. The number of carbonyl (C=O) groups excluding carboxylic acids is 1. The highest BCUT2D eigenvalue weighted by atomic mass is 16.5. The van der Waals surface area contributed by atoms with Crippen molar-refractivity contribution in [3.8, 4) is 11.8 Å². The molecule has 2 aliphatic heterocycles. The van der Waals surface area contributed by atoms with Crippen LogP contribution in [0, 0.1) is 17.2 Å². The fourth-order valence-corrected chi connectivity index (χ4v) is 4.13. The quantitative estimate of drug-likeness (QED) is 0.835. The predicted molar refractivity (Wildman–Crippen MR) is 98.9 cm³/mol. The van der Waals surface area contributed by atoms with Crippen LogP contribution in [-0.2, 0) is 6.61 Å². The molecule has 2 fully saturated rings. The maximum atomic E-state index is 13.0. The fraction of sp³-hybridized carbons (Fsp3) is 0.364. The number of nitriles is 1. The molecule has 2 heterocycles. The van der Waals surface area contributed by atoms with Crippen molar-refractivity contribution in [2.45, 2.75) is 44.4 Å². The molecule has 132 valence electrons. The van der Waals surface area contributed by atoms with Crippen molar-refractivity contribution >= 4 is 5.78 Å². The van der Waals surface area contributed by atoms with Crippen LogP contribution in [0.25, 0.3) is 0 Å². The van der Waals surface area contributed by atoms with E-state index in [-0.39, 0.29) is 11.7 Å². The molecule has 2 atom stereocenters. The standard InChI is InChI=1S/C22H22N2O2/c23-13-17-7-6-16(12-21(17)26-14-15-4-2-1-3-5-15)22(25)18-10-19-8-9-20(11-18)24-19/h1-7,12,18-20,24H,8-11,14H2. The number of carbonyl (C=O) groups is 1. The van der Waals surface area contributed by atoms with Crippen molar-refractivity contribution in [3.05, 3.63) is 65.2 Å². The lowest BCUT2D eigenvalue weighted by molar-refractivity contribution is 0.0875. The molecule has 0 amide bonds. The Hall–Kier alpha value is -2.64. The van der Waals surface area contributed by atoms with Crippen LogP contribution in [0.5, 0.6) is 5.75 Å². The Morgan fingerprint density at radius 1 is 1.12 bits per heavy atom. The van der Waals surface area contributed by atoms with Crippen molar-refractivity contribution in [2.75, 3.05) is 0 Å². The van der Waals surface area contributed by atoms with Crippen molar-refractivity contribution in [1.82, 2.24) is 5.32 Å². The van der Waals surface area contributed by atoms with Crippen LogP contribution in [0.15, 0.2) is 48.5 Å². The van der Waals surface area contributed by atoms with Crippen LogP contribution in [0.4, 0.5) is 0 Å². The Morgan fingerprint density at radius 2 is 1.85 bits per heavy atom. The third-order valence-electron chi connectivity index (χ3n) is 5.47. The first kappa shape index (κ1) is 16.8. The highest BCUT2D eigenvalue weighted by Crippen LogP contribution is 2.33. The van der Waals surface area contributed by atoms with Gasteiger partial charge in [-0.1, -0.05) is 30.3 Å². The normalized spacial score (nSPS) is 24.0. The number of nitrogens with one attached hydrogen (secondary N) is 1. The van der Waals surface area contributed by atoms with E-state index in [4.69, 9.17) is 4.74 Å². The molecule has 0 saturated carbocycles. The molecule has 2 bridgehead atoms. The van der Waals surface area contributed by atoms with Gasteiger partial charge in [-0.15, -0.1) is 0 Å². The first-order valence-corrected chi connectivity index (χ1v) is 9.24. The Morgan fingerprint density at radius 3 is 2.54 bits per heavy atom. The number of hydrogen-bond donors (Lipinski definition) is 1. The van der Waals surface area contributed by atoms with E-state index in [0.717, 1.165) is 18.4 Å². The van der Waals surface area contributed by atoms with Crippen LogP contribution >= 0.6 is 0 Å². The summed E-state index contributed by atoms with van der Waals surface area (Å²) < 4.78 is 5.86. The number of hydrogen-bond acceptors (Lipinski definition) is 4. The van der Waals surface area contributed by atoms with E-state index in [1.165, 1.54) is 12.8 Å². The Kier molecular flexibility index (Phi) is 4.73. The molecule has 2 aliphatic rings. The van der Waals surface area contributed by atoms with Crippen LogP contribution < -0.4 is 10.1 Å². The number of ether oxygens (including phenoxy) is 1. The zero-order valence-electron chi connectivity index (χ0n) is 14.7. The fourth-order valence-electron chi connectivity index (χ4n) is 4.13. The van der Waals surface area contributed by atoms with Crippen LogP contribution in [0.3, 0.4) is 0 Å². The van der Waals surface area contributed by atoms with Crippen molar-refractivity contribution in [3.63, 3.8) is 0 Å². The van der Waals surface area contributed by atoms with Gasteiger partial charge < -0.3 is 10.1 Å². The third kappa shape index (κ3) is 3.49. The minimum absolute atomic E-state index is 0.0728. The van der Waals surface area contributed by atoms with Gasteiger partial charge in [-0.3, -0.25) is 4.79 Å².